The second kappa shape index (κ2) is 7.40. The fraction of sp³-hybridized carbons (Fsp3) is 0.824. The largest absolute Gasteiger partial charge is 0.444 e. The topological polar surface area (TPSA) is 84.9 Å². The van der Waals surface area contributed by atoms with E-state index in [1.165, 1.54) is 4.90 Å². The van der Waals surface area contributed by atoms with Crippen molar-refractivity contribution in [2.24, 2.45) is 0 Å². The second-order valence-corrected chi connectivity index (χ2v) is 8.26. The summed E-state index contributed by atoms with van der Waals surface area (Å²) in [6.07, 6.45) is 1.45. The fourth-order valence-electron chi connectivity index (χ4n) is 2.46. The summed E-state index contributed by atoms with van der Waals surface area (Å²) < 4.78 is 10.6. The van der Waals surface area contributed by atoms with Gasteiger partial charge < -0.3 is 24.5 Å². The van der Waals surface area contributed by atoms with Crippen molar-refractivity contribution in [1.29, 1.82) is 0 Å². The number of aldehydes is 1. The molecular weight excluding hydrogens is 312 g/mol. The van der Waals surface area contributed by atoms with Crippen molar-refractivity contribution in [3.63, 3.8) is 0 Å². The number of carbonyl (C=O) groups excluding carboxylic acids is 3. The molecule has 138 valence electrons. The zero-order chi connectivity index (χ0) is 18.6. The number of hydrogen-bond donors (Lipinski definition) is 1. The molecule has 0 radical (unpaired) electrons. The average molecular weight is 342 g/mol. The Hall–Kier alpha value is -1.79. The molecule has 1 N–H and O–H groups in total. The van der Waals surface area contributed by atoms with Crippen molar-refractivity contribution in [1.82, 2.24) is 10.2 Å². The van der Waals surface area contributed by atoms with Gasteiger partial charge in [-0.25, -0.2) is 9.59 Å². The van der Waals surface area contributed by atoms with Gasteiger partial charge in [0, 0.05) is 6.54 Å². The Kier molecular flexibility index (Phi) is 6.25. The highest BCUT2D eigenvalue weighted by Gasteiger charge is 2.39. The number of hydrogen-bond acceptors (Lipinski definition) is 5. The zero-order valence-electron chi connectivity index (χ0n) is 15.6. The minimum absolute atomic E-state index is 0.0741. The summed E-state index contributed by atoms with van der Waals surface area (Å²) in [6.45, 7) is 11.2. The van der Waals surface area contributed by atoms with Crippen molar-refractivity contribution in [2.75, 3.05) is 13.1 Å². The first-order valence-corrected chi connectivity index (χ1v) is 8.31. The molecule has 0 aromatic carbocycles. The van der Waals surface area contributed by atoms with Crippen LogP contribution in [0.1, 0.15) is 60.8 Å². The Morgan fingerprint density at radius 2 is 1.62 bits per heavy atom. The normalized spacial score (nSPS) is 22.3. The third-order valence-electron chi connectivity index (χ3n) is 3.40. The molecule has 24 heavy (non-hydrogen) atoms. The van der Waals surface area contributed by atoms with Gasteiger partial charge in [-0.3, -0.25) is 0 Å². The van der Waals surface area contributed by atoms with Gasteiger partial charge in [-0.05, 0) is 60.8 Å². The number of amides is 2. The second-order valence-electron chi connectivity index (χ2n) is 8.26. The third kappa shape index (κ3) is 6.76. The summed E-state index contributed by atoms with van der Waals surface area (Å²) in [4.78, 5) is 37.6. The van der Waals surface area contributed by atoms with Crippen LogP contribution >= 0.6 is 0 Å². The van der Waals surface area contributed by atoms with Crippen molar-refractivity contribution in [3.8, 4) is 0 Å². The first kappa shape index (κ1) is 20.3. The van der Waals surface area contributed by atoms with Gasteiger partial charge in [0.05, 0.1) is 6.54 Å². The number of likely N-dealkylation sites (tertiary alicyclic amines) is 1. The molecule has 0 bridgehead atoms. The maximum Gasteiger partial charge on any atom is 0.410 e. The predicted octanol–water partition coefficient (Wildman–Crippen LogP) is 2.87. The molecule has 1 aliphatic rings. The van der Waals surface area contributed by atoms with Crippen LogP contribution < -0.4 is 5.32 Å². The van der Waals surface area contributed by atoms with Crippen molar-refractivity contribution >= 4 is 18.5 Å². The van der Waals surface area contributed by atoms with Gasteiger partial charge in [0.15, 0.2) is 0 Å². The number of carbonyl (C=O) groups is 3. The van der Waals surface area contributed by atoms with E-state index in [1.54, 1.807) is 41.5 Å². The average Bonchev–Trinajstić information content (AvgIpc) is 2.57. The van der Waals surface area contributed by atoms with Crippen LogP contribution in [-0.4, -0.2) is 53.2 Å². The van der Waals surface area contributed by atoms with E-state index in [9.17, 15) is 14.4 Å². The van der Waals surface area contributed by atoms with E-state index in [2.05, 4.69) is 5.32 Å². The molecule has 1 fully saturated rings. The van der Waals surface area contributed by atoms with Crippen LogP contribution in [0.3, 0.4) is 0 Å². The summed E-state index contributed by atoms with van der Waals surface area (Å²) in [5, 5.41) is 2.65. The number of rotatable bonds is 2. The highest BCUT2D eigenvalue weighted by Crippen LogP contribution is 2.22. The predicted molar refractivity (Wildman–Crippen MR) is 89.8 cm³/mol. The van der Waals surface area contributed by atoms with Gasteiger partial charge in [0.25, 0.3) is 0 Å². The number of alkyl carbamates (subject to hydrolysis) is 1. The maximum absolute atomic E-state index is 12.3. The molecule has 7 heteroatoms. The molecule has 1 aliphatic heterocycles. The van der Waals surface area contributed by atoms with Crippen molar-refractivity contribution < 1.29 is 23.9 Å². The Labute approximate surface area is 144 Å². The summed E-state index contributed by atoms with van der Waals surface area (Å²) in [5.74, 6) is 0. The summed E-state index contributed by atoms with van der Waals surface area (Å²) >= 11 is 0. The van der Waals surface area contributed by atoms with Crippen molar-refractivity contribution in [2.45, 2.75) is 77.5 Å². The van der Waals surface area contributed by atoms with Crippen LogP contribution in [0.15, 0.2) is 0 Å². The van der Waals surface area contributed by atoms with Gasteiger partial charge in [-0.1, -0.05) is 0 Å². The van der Waals surface area contributed by atoms with Crippen LogP contribution in [-0.2, 0) is 14.3 Å². The van der Waals surface area contributed by atoms with Crippen molar-refractivity contribution in [3.05, 3.63) is 0 Å². The quantitative estimate of drug-likeness (QED) is 0.780. The fourth-order valence-corrected chi connectivity index (χ4v) is 2.46. The lowest BCUT2D eigenvalue weighted by Gasteiger charge is -2.34. The van der Waals surface area contributed by atoms with Crippen LogP contribution in [0.5, 0.6) is 0 Å². The lowest BCUT2D eigenvalue weighted by Crippen LogP contribution is -2.58. The first-order valence-electron chi connectivity index (χ1n) is 8.31. The molecule has 0 spiro atoms. The van der Waals surface area contributed by atoms with Crippen LogP contribution in [0.2, 0.25) is 0 Å². The molecule has 7 nitrogen and oxygen atoms in total. The molecule has 1 rings (SSSR count). The summed E-state index contributed by atoms with van der Waals surface area (Å²) in [6, 6.07) is 0. The zero-order valence-corrected chi connectivity index (χ0v) is 15.6. The molecule has 0 saturated carbocycles. The van der Waals surface area contributed by atoms with Crippen LogP contribution in [0, 0.1) is 0 Å². The highest BCUT2D eigenvalue weighted by atomic mass is 16.6. The number of nitrogens with zero attached hydrogens (tertiary/aromatic N) is 1. The Morgan fingerprint density at radius 1 is 1.04 bits per heavy atom. The van der Waals surface area contributed by atoms with Crippen LogP contribution in [0.4, 0.5) is 9.59 Å². The smallest absolute Gasteiger partial charge is 0.410 e. The first-order chi connectivity index (χ1) is 10.9. The molecule has 1 heterocycles. The summed E-state index contributed by atoms with van der Waals surface area (Å²) in [5.41, 5.74) is -2.44. The van der Waals surface area contributed by atoms with E-state index in [0.29, 0.717) is 25.7 Å². The highest BCUT2D eigenvalue weighted by molar-refractivity contribution is 5.78. The lowest BCUT2D eigenvalue weighted by molar-refractivity contribution is -0.114. The third-order valence-corrected chi connectivity index (χ3v) is 3.40. The van der Waals surface area contributed by atoms with E-state index in [1.807, 2.05) is 0 Å². The maximum atomic E-state index is 12.3. The minimum atomic E-state index is -1.16. The Bertz CT molecular complexity index is 478. The molecule has 0 aromatic rings. The SMILES string of the molecule is CC(C)(C)OC(=O)N[C@]1(C=O)CCCCN(C(=O)OC(C)(C)C)C1. The molecule has 0 unspecified atom stereocenters. The standard InChI is InChI=1S/C17H30N2O5/c1-15(2,3)23-13(21)18-17(12-20)9-7-8-10-19(11-17)14(22)24-16(4,5)6/h12H,7-11H2,1-6H3,(H,18,21)/t17-/m1/s1. The van der Waals surface area contributed by atoms with Gasteiger partial charge in [0.2, 0.25) is 0 Å². The Morgan fingerprint density at radius 3 is 2.12 bits per heavy atom. The van der Waals surface area contributed by atoms with E-state index >= 15 is 0 Å². The van der Waals surface area contributed by atoms with E-state index in [-0.39, 0.29) is 6.54 Å². The molecule has 1 atom stereocenters. The lowest BCUT2D eigenvalue weighted by atomic mass is 9.95. The number of ether oxygens (including phenoxy) is 2. The van der Waals surface area contributed by atoms with Gasteiger partial charge in [-0.15, -0.1) is 0 Å². The van der Waals surface area contributed by atoms with Gasteiger partial charge >= 0.3 is 12.2 Å². The van der Waals surface area contributed by atoms with E-state index < -0.39 is 28.9 Å². The van der Waals surface area contributed by atoms with E-state index in [4.69, 9.17) is 9.47 Å². The van der Waals surface area contributed by atoms with Gasteiger partial charge in [0.1, 0.15) is 23.0 Å². The molecular formula is C17H30N2O5. The summed E-state index contributed by atoms with van der Waals surface area (Å²) in [7, 11) is 0. The number of nitrogens with one attached hydrogen (secondary N) is 1. The monoisotopic (exact) mass is 342 g/mol. The molecule has 0 aliphatic carbocycles. The minimum Gasteiger partial charge on any atom is -0.444 e. The van der Waals surface area contributed by atoms with Gasteiger partial charge in [-0.2, -0.15) is 0 Å². The molecule has 1 saturated heterocycles. The molecule has 2 amide bonds. The molecule has 0 aromatic heterocycles. The van der Waals surface area contributed by atoms with E-state index in [0.717, 1.165) is 6.42 Å². The Balaban J connectivity index is 2.86. The van der Waals surface area contributed by atoms with Crippen LogP contribution in [0.25, 0.3) is 0 Å².